The number of carbonyl (C=O) groups is 4. The summed E-state index contributed by atoms with van der Waals surface area (Å²) in [6.07, 6.45) is 15.2. The Morgan fingerprint density at radius 3 is 1.37 bits per heavy atom. The molecule has 0 spiro atoms. The summed E-state index contributed by atoms with van der Waals surface area (Å²) < 4.78 is 29.2. The highest BCUT2D eigenvalue weighted by Gasteiger charge is 2.73. The van der Waals surface area contributed by atoms with Crippen molar-refractivity contribution in [3.05, 3.63) is 130 Å². The Bertz CT molecular complexity index is 3090. The highest BCUT2D eigenvalue weighted by molar-refractivity contribution is 6.18. The molecule has 2 N–H and O–H groups in total. The lowest BCUT2D eigenvalue weighted by molar-refractivity contribution is -0.185. The Labute approximate surface area is 464 Å². The zero-order valence-corrected chi connectivity index (χ0v) is 47.2. The summed E-state index contributed by atoms with van der Waals surface area (Å²) in [5, 5.41) is 36.0. The van der Waals surface area contributed by atoms with E-state index in [9.17, 15) is 29.4 Å². The van der Waals surface area contributed by atoms with Crippen LogP contribution in [0.1, 0.15) is 117 Å². The summed E-state index contributed by atoms with van der Waals surface area (Å²) >= 11 is 0. The number of rotatable bonds is 12. The first kappa shape index (κ1) is 53.6. The minimum absolute atomic E-state index is 0.131. The fourth-order valence-electron chi connectivity index (χ4n) is 18.4. The molecule has 413 valence electrons. The minimum atomic E-state index is -1.84. The van der Waals surface area contributed by atoms with Crippen molar-refractivity contribution < 1.29 is 48.2 Å². The molecule has 79 heavy (non-hydrogen) atoms. The van der Waals surface area contributed by atoms with E-state index in [0.717, 1.165) is 45.0 Å². The molecule has 2 heterocycles. The van der Waals surface area contributed by atoms with E-state index < -0.39 is 93.6 Å². The van der Waals surface area contributed by atoms with Gasteiger partial charge < -0.3 is 29.0 Å². The number of aromatic nitrogens is 4. The minimum Gasteiger partial charge on any atom is -0.458 e. The molecule has 8 aliphatic rings. The number of ketones is 2. The first-order chi connectivity index (χ1) is 37.5. The van der Waals surface area contributed by atoms with Crippen molar-refractivity contribution >= 4 is 43.3 Å². The molecule has 4 aromatic rings. The van der Waals surface area contributed by atoms with E-state index >= 15 is 0 Å². The van der Waals surface area contributed by atoms with Crippen LogP contribution >= 0.6 is 0 Å². The molecular weight excluding hydrogens is 996 g/mol. The number of Topliss-reactive ketones (excluding diaryl/α,β-unsaturated/α-hetero) is 2. The number of ether oxygens (including phenoxy) is 2. The quantitative estimate of drug-likeness (QED) is 0.102. The van der Waals surface area contributed by atoms with Gasteiger partial charge in [-0.15, -0.1) is 0 Å². The highest BCUT2D eigenvalue weighted by atomic mass is 16.6. The Morgan fingerprint density at radius 1 is 0.620 bits per heavy atom. The molecule has 16 unspecified atom stereocenters. The van der Waals surface area contributed by atoms with Gasteiger partial charge in [0.2, 0.25) is 11.6 Å². The zero-order chi connectivity index (χ0) is 55.9. The van der Waals surface area contributed by atoms with Gasteiger partial charge in [-0.1, -0.05) is 101 Å². The lowest BCUT2D eigenvalue weighted by Crippen LogP contribution is -2.64. The first-order valence-electron chi connectivity index (χ1n) is 28.5. The van der Waals surface area contributed by atoms with Crippen LogP contribution in [0.3, 0.4) is 0 Å². The van der Waals surface area contributed by atoms with Crippen LogP contribution in [0.15, 0.2) is 108 Å². The summed E-state index contributed by atoms with van der Waals surface area (Å²) in [7, 11) is 1.51. The number of aliphatic hydroxyl groups is 2. The number of nitrogens with zero attached hydrogens (tertiary/aromatic N) is 4. The van der Waals surface area contributed by atoms with Gasteiger partial charge in [-0.05, 0) is 158 Å². The average molecular weight is 1070 g/mol. The number of para-hydroxylation sites is 2. The second-order valence-electron chi connectivity index (χ2n) is 25.9. The number of fused-ring (bicyclic) bond motifs is 12. The summed E-state index contributed by atoms with van der Waals surface area (Å²) in [6.45, 7) is 18.4. The van der Waals surface area contributed by atoms with Crippen molar-refractivity contribution in [2.24, 2.45) is 69.0 Å². The maximum Gasteiger partial charge on any atom is 0.488 e. The van der Waals surface area contributed by atoms with Crippen molar-refractivity contribution in [1.29, 1.82) is 0 Å². The second kappa shape index (κ2) is 18.8. The fourth-order valence-corrected chi connectivity index (χ4v) is 18.4. The van der Waals surface area contributed by atoms with Gasteiger partial charge in [0.15, 0.2) is 13.2 Å². The number of esters is 2. The van der Waals surface area contributed by atoms with Gasteiger partial charge in [-0.25, -0.2) is 9.36 Å². The molecule has 2 aromatic heterocycles. The predicted molar refractivity (Wildman–Crippen MR) is 297 cm³/mol. The molecule has 4 fully saturated rings. The van der Waals surface area contributed by atoms with E-state index in [2.05, 4.69) is 76.3 Å². The van der Waals surface area contributed by atoms with Crippen LogP contribution < -0.4 is 0 Å². The second-order valence-corrected chi connectivity index (χ2v) is 25.9. The molecule has 2 aromatic carbocycles. The van der Waals surface area contributed by atoms with Crippen molar-refractivity contribution in [3.63, 3.8) is 0 Å². The maximum absolute atomic E-state index is 14.5. The molecule has 4 saturated carbocycles. The summed E-state index contributed by atoms with van der Waals surface area (Å²) in [5.41, 5.74) is 4.23. The summed E-state index contributed by atoms with van der Waals surface area (Å²) in [6, 6.07) is 20.3. The van der Waals surface area contributed by atoms with E-state index in [1.165, 1.54) is 32.7 Å². The van der Waals surface area contributed by atoms with Crippen molar-refractivity contribution in [2.45, 2.75) is 131 Å². The largest absolute Gasteiger partial charge is 0.488 e. The van der Waals surface area contributed by atoms with Gasteiger partial charge >= 0.3 is 19.6 Å². The van der Waals surface area contributed by atoms with E-state index in [0.29, 0.717) is 38.5 Å². The molecule has 0 saturated heterocycles. The Balaban J connectivity index is 0.942. The van der Waals surface area contributed by atoms with E-state index in [-0.39, 0.29) is 35.5 Å². The van der Waals surface area contributed by atoms with E-state index in [1.807, 2.05) is 85.9 Å². The molecule has 14 nitrogen and oxygen atoms in total. The smallest absolute Gasteiger partial charge is 0.458 e. The van der Waals surface area contributed by atoms with Crippen LogP contribution in [0.4, 0.5) is 0 Å². The zero-order valence-electron chi connectivity index (χ0n) is 47.2. The third kappa shape index (κ3) is 7.70. The van der Waals surface area contributed by atoms with Gasteiger partial charge in [-0.2, -0.15) is 10.2 Å². The van der Waals surface area contributed by atoms with Gasteiger partial charge in [0.1, 0.15) is 11.2 Å². The summed E-state index contributed by atoms with van der Waals surface area (Å²) in [5.74, 6) is -3.95. The van der Waals surface area contributed by atoms with Crippen molar-refractivity contribution in [2.75, 3.05) is 13.2 Å². The number of hydrogen-bond acceptors (Lipinski definition) is 12. The monoisotopic (exact) mass is 1070 g/mol. The van der Waals surface area contributed by atoms with Gasteiger partial charge in [0.25, 0.3) is 0 Å². The fraction of sp³-hybridized carbons (Fsp3) is 0.531. The Morgan fingerprint density at radius 2 is 1.00 bits per heavy atom. The van der Waals surface area contributed by atoms with Gasteiger partial charge in [0, 0.05) is 47.7 Å². The molecular formula is C64H74BN4O10. The van der Waals surface area contributed by atoms with Gasteiger partial charge in [0.05, 0.1) is 35.2 Å². The molecule has 1 radical (unpaired) electrons. The lowest BCUT2D eigenvalue weighted by atomic mass is 9.45. The van der Waals surface area contributed by atoms with Crippen LogP contribution in [0.25, 0.3) is 23.5 Å². The molecule has 0 amide bonds. The third-order valence-electron chi connectivity index (χ3n) is 21.8. The van der Waals surface area contributed by atoms with E-state index in [1.54, 1.807) is 0 Å². The number of carbonyl (C=O) groups excluding carboxylic acids is 4. The highest BCUT2D eigenvalue weighted by Crippen LogP contribution is 2.71. The third-order valence-corrected chi connectivity index (χ3v) is 21.8. The first-order valence-corrected chi connectivity index (χ1v) is 28.5. The molecule has 16 atom stereocenters. The number of benzene rings is 2. The van der Waals surface area contributed by atoms with Crippen molar-refractivity contribution in [1.82, 2.24) is 19.6 Å². The van der Waals surface area contributed by atoms with E-state index in [4.69, 9.17) is 29.0 Å². The molecule has 8 aliphatic carbocycles. The molecule has 15 heteroatoms. The topological polar surface area (TPSA) is 181 Å². The normalized spacial score (nSPS) is 38.3. The Hall–Kier alpha value is -6.00. The van der Waals surface area contributed by atoms with Crippen LogP contribution in [0.2, 0.25) is 0 Å². The van der Waals surface area contributed by atoms with Crippen LogP contribution in [0.5, 0.6) is 0 Å². The number of allylic oxidation sites excluding steroid dienone is 6. The number of hydrogen-bond donors (Lipinski definition) is 2. The van der Waals surface area contributed by atoms with Crippen LogP contribution in [0, 0.1) is 69.0 Å². The van der Waals surface area contributed by atoms with Crippen LogP contribution in [-0.4, -0.2) is 97.6 Å². The maximum atomic E-state index is 14.5. The lowest BCUT2D eigenvalue weighted by Gasteiger charge is -2.61. The molecule has 0 aliphatic heterocycles. The standard InChI is InChI=1S/C64H74BN4O10/c1-35-21-45-49-23-37(3)63(74,55(72)33-76-39(5)70)61(49,9)29-53(57(45)59(7)27-41-31-66-68(51(41)25-47(35)59)43-17-13-11-14-18-43)78-65-79-54-30-62(10)50(24-38(4)64(62,75)56(73)34-77-40(6)71)46-22-36(2)48-26-52-42(28-60(48,8)58(46)54)32-67-69(52)44-19-15-12-16-20-44/h11-22,25-26,31-32,37-38,45-46,49-50,53-54,57-58,74-75H,23-24,27-30,33-34H2,1-10H3. The molecule has 0 bridgehead atoms. The SMILES string of the molecule is CC(=O)OCC(=O)C1(O)C(C)CC2C3C=C(C)C4=Cc5c(cnn5-c5ccccc5)CC4(C)C3C(O[B]OC3CC4(C)C(CC(C)C4(O)C(=O)COC(C)=O)C4C=C(C)C5=Cc6c(cnn6-c6ccccc6)CC5(C)C34)CC21C. The summed E-state index contributed by atoms with van der Waals surface area (Å²) in [4.78, 5) is 53.3. The van der Waals surface area contributed by atoms with Crippen LogP contribution in [-0.2, 0) is 50.8 Å². The van der Waals surface area contributed by atoms with Gasteiger partial charge in [-0.3, -0.25) is 19.2 Å². The predicted octanol–water partition coefficient (Wildman–Crippen LogP) is 9.20. The average Bonchev–Trinajstić information content (AvgIpc) is 4.34. The van der Waals surface area contributed by atoms with Crippen molar-refractivity contribution in [3.8, 4) is 11.4 Å². The Kier molecular flexibility index (Phi) is 12.8. The molecule has 12 rings (SSSR count).